The Labute approximate surface area is 338 Å². The van der Waals surface area contributed by atoms with Crippen molar-refractivity contribution in [2.24, 2.45) is 4.99 Å². The van der Waals surface area contributed by atoms with Crippen LogP contribution in [0.25, 0.3) is 72.3 Å². The van der Waals surface area contributed by atoms with Gasteiger partial charge in [-0.25, -0.2) is 15.0 Å². The maximum absolute atomic E-state index is 11.6. The highest BCUT2D eigenvalue weighted by Crippen LogP contribution is 2.42. The fourth-order valence-electron chi connectivity index (χ4n) is 7.93. The van der Waals surface area contributed by atoms with Crippen LogP contribution < -0.4 is 0 Å². The number of rotatable bonds is 6. The van der Waals surface area contributed by atoms with Crippen LogP contribution in [-0.4, -0.2) is 41.2 Å². The number of aryl methyl sites for hydroxylation is 4. The molecule has 0 fully saturated rings. The first-order valence-electron chi connectivity index (χ1n) is 19.8. The highest BCUT2D eigenvalue weighted by Gasteiger charge is 2.26. The number of nitriles is 1. The van der Waals surface area contributed by atoms with Crippen LogP contribution in [0, 0.1) is 39.0 Å². The molecule has 9 rings (SSSR count). The van der Waals surface area contributed by atoms with E-state index in [0.717, 1.165) is 79.5 Å². The Bertz CT molecular complexity index is 2990. The highest BCUT2D eigenvalue weighted by molar-refractivity contribution is 6.22. The number of hydrogen-bond acceptors (Lipinski definition) is 5. The zero-order valence-electron chi connectivity index (χ0n) is 34.3. The Morgan fingerprint density at radius 1 is 0.707 bits per heavy atom. The van der Waals surface area contributed by atoms with Gasteiger partial charge in [-0.1, -0.05) is 87.5 Å². The molecule has 4 heterocycles. The zero-order chi connectivity index (χ0) is 41.1. The number of benzene rings is 5. The summed E-state index contributed by atoms with van der Waals surface area (Å²) in [4.78, 5) is 18.6. The summed E-state index contributed by atoms with van der Waals surface area (Å²) in [6.45, 7) is 15.9. The second-order valence-electron chi connectivity index (χ2n) is 14.0. The van der Waals surface area contributed by atoms with Crippen molar-refractivity contribution in [3.63, 3.8) is 0 Å². The van der Waals surface area contributed by atoms with Gasteiger partial charge in [0.2, 0.25) is 0 Å². The molecule has 0 N–H and O–H groups in total. The van der Waals surface area contributed by atoms with Crippen molar-refractivity contribution >= 4 is 50.0 Å². The second-order valence-corrected chi connectivity index (χ2v) is 14.0. The summed E-state index contributed by atoms with van der Waals surface area (Å²) in [7, 11) is 0. The summed E-state index contributed by atoms with van der Waals surface area (Å²) in [5.41, 5.74) is 12.3. The average Bonchev–Trinajstić information content (AvgIpc) is 3.87. The molecule has 9 heteroatoms. The van der Waals surface area contributed by atoms with Gasteiger partial charge < -0.3 is 0 Å². The molecule has 4 aromatic heterocycles. The van der Waals surface area contributed by atoms with Gasteiger partial charge in [-0.15, -0.1) is 0 Å². The highest BCUT2D eigenvalue weighted by atomic mass is 19.1. The maximum Gasteiger partial charge on any atom is 0.181 e. The number of hydrogen-bond donors (Lipinski definition) is 0. The molecular weight excluding hydrogens is 720 g/mol. The lowest BCUT2D eigenvalue weighted by Crippen LogP contribution is -2.08. The van der Waals surface area contributed by atoms with E-state index in [1.165, 1.54) is 23.1 Å². The molecule has 8 nitrogen and oxygen atoms in total. The van der Waals surface area contributed by atoms with Crippen LogP contribution in [0.5, 0.6) is 0 Å². The SMILES string of the molecule is CC.CCCN=C(C)F.Cc1nc(-c2c(C)cc(C#N)cc2C)c2nc(C)n(-c3ccccc3-n3c4ccccc4c4c5ccccc5n(-c5ccccc5)c43)c2n1. The van der Waals surface area contributed by atoms with Crippen molar-refractivity contribution in [3.8, 4) is 34.4 Å². The molecule has 0 atom stereocenters. The molecule has 58 heavy (non-hydrogen) atoms. The molecule has 0 radical (unpaired) electrons. The Balaban J connectivity index is 0.000000518. The summed E-state index contributed by atoms with van der Waals surface area (Å²) in [6.07, 6.45) is 0.918. The van der Waals surface area contributed by atoms with Gasteiger partial charge in [0.05, 0.1) is 34.0 Å². The van der Waals surface area contributed by atoms with Crippen molar-refractivity contribution < 1.29 is 4.39 Å². The van der Waals surface area contributed by atoms with Gasteiger partial charge in [-0.05, 0) is 93.8 Å². The van der Waals surface area contributed by atoms with Gasteiger partial charge in [-0.3, -0.25) is 18.7 Å². The van der Waals surface area contributed by atoms with Gasteiger partial charge in [0, 0.05) is 40.9 Å². The fourth-order valence-corrected chi connectivity index (χ4v) is 7.93. The van der Waals surface area contributed by atoms with Crippen molar-refractivity contribution in [3.05, 3.63) is 144 Å². The third-order valence-electron chi connectivity index (χ3n) is 10.1. The topological polar surface area (TPSA) is 89.6 Å². The first-order chi connectivity index (χ1) is 28.2. The van der Waals surface area contributed by atoms with Crippen LogP contribution in [-0.2, 0) is 0 Å². The molecule has 0 bridgehead atoms. The van der Waals surface area contributed by atoms with Crippen LogP contribution in [0.1, 0.15) is 62.5 Å². The van der Waals surface area contributed by atoms with Crippen LogP contribution >= 0.6 is 0 Å². The monoisotopic (exact) mass is 766 g/mol. The van der Waals surface area contributed by atoms with E-state index in [2.05, 4.69) is 128 Å². The Hall–Kier alpha value is -6.92. The van der Waals surface area contributed by atoms with E-state index in [4.69, 9.17) is 15.0 Å². The average molecular weight is 767 g/mol. The van der Waals surface area contributed by atoms with Gasteiger partial charge in [0.1, 0.15) is 28.5 Å². The van der Waals surface area contributed by atoms with Crippen molar-refractivity contribution in [2.45, 2.75) is 61.8 Å². The molecule has 9 aromatic rings. The van der Waals surface area contributed by atoms with E-state index < -0.39 is 0 Å². The van der Waals surface area contributed by atoms with E-state index in [9.17, 15) is 9.65 Å². The molecule has 0 unspecified atom stereocenters. The quantitative estimate of drug-likeness (QED) is 0.158. The third-order valence-corrected chi connectivity index (χ3v) is 10.1. The largest absolute Gasteiger partial charge is 0.295 e. The Kier molecular flexibility index (Phi) is 11.3. The molecule has 0 saturated carbocycles. The minimum atomic E-state index is -0.318. The molecule has 5 aromatic carbocycles. The Morgan fingerprint density at radius 3 is 1.83 bits per heavy atom. The lowest BCUT2D eigenvalue weighted by molar-refractivity contribution is 0.774. The van der Waals surface area contributed by atoms with Gasteiger partial charge in [-0.2, -0.15) is 9.65 Å². The maximum atomic E-state index is 11.6. The van der Waals surface area contributed by atoms with E-state index in [1.54, 1.807) is 0 Å². The van der Waals surface area contributed by atoms with Gasteiger partial charge >= 0.3 is 0 Å². The van der Waals surface area contributed by atoms with Crippen molar-refractivity contribution in [2.75, 3.05) is 6.54 Å². The number of aliphatic imine (C=N–C) groups is 1. The number of imidazole rings is 1. The first-order valence-corrected chi connectivity index (χ1v) is 19.8. The predicted molar refractivity (Wildman–Crippen MR) is 238 cm³/mol. The standard InChI is InChI=1S/C42H31N7.C5H10FN.C2H6/c1-25-22-29(24-43)23-26(2)37(25)39-40-41(45-27(3)44-39)47(28(4)46-40)35-20-12-13-21-36(35)49-34-19-11-9-17-32(34)38-31-16-8-10-18-33(31)48(42(38)49)30-14-6-5-7-15-30;1-3-4-7-5(2)6;1-2/h5-23H,1-4H3;3-4H2,1-2H3;1-2H3. The minimum Gasteiger partial charge on any atom is -0.295 e. The Morgan fingerprint density at radius 2 is 1.26 bits per heavy atom. The molecule has 0 saturated heterocycles. The summed E-state index contributed by atoms with van der Waals surface area (Å²) in [5, 5.41) is 13.2. The minimum absolute atomic E-state index is 0.318. The number of halogens is 1. The second kappa shape index (κ2) is 16.7. The molecule has 0 aliphatic rings. The lowest BCUT2D eigenvalue weighted by Gasteiger charge is -2.17. The number of nitrogens with zero attached hydrogens (tertiary/aromatic N) is 8. The summed E-state index contributed by atoms with van der Waals surface area (Å²) in [5.74, 6) is 1.15. The fraction of sp³-hybridized carbons (Fsp3) is 0.204. The van der Waals surface area contributed by atoms with Crippen LogP contribution in [0.2, 0.25) is 0 Å². The summed E-state index contributed by atoms with van der Waals surface area (Å²) in [6, 6.07) is 42.5. The van der Waals surface area contributed by atoms with E-state index in [0.29, 0.717) is 17.9 Å². The third kappa shape index (κ3) is 6.92. The van der Waals surface area contributed by atoms with Crippen molar-refractivity contribution in [1.29, 1.82) is 5.26 Å². The molecule has 290 valence electrons. The molecule has 0 amide bonds. The molecule has 0 aliphatic carbocycles. The first kappa shape index (κ1) is 39.3. The smallest absolute Gasteiger partial charge is 0.181 e. The van der Waals surface area contributed by atoms with E-state index >= 15 is 0 Å². The van der Waals surface area contributed by atoms with Crippen LogP contribution in [0.15, 0.2) is 120 Å². The predicted octanol–water partition coefficient (Wildman–Crippen LogP) is 12.4. The van der Waals surface area contributed by atoms with E-state index in [1.807, 2.05) is 60.6 Å². The summed E-state index contributed by atoms with van der Waals surface area (Å²) < 4.78 is 18.6. The number of fused-ring (bicyclic) bond motifs is 6. The van der Waals surface area contributed by atoms with E-state index in [-0.39, 0.29) is 5.97 Å². The molecule has 0 spiro atoms. The van der Waals surface area contributed by atoms with Crippen LogP contribution in [0.3, 0.4) is 0 Å². The lowest BCUT2D eigenvalue weighted by atomic mass is 9.96. The number of aromatic nitrogens is 6. The van der Waals surface area contributed by atoms with Crippen LogP contribution in [0.4, 0.5) is 4.39 Å². The van der Waals surface area contributed by atoms with Crippen molar-refractivity contribution in [1.82, 2.24) is 28.7 Å². The van der Waals surface area contributed by atoms with Gasteiger partial charge in [0.15, 0.2) is 11.6 Å². The number of para-hydroxylation sites is 5. The summed E-state index contributed by atoms with van der Waals surface area (Å²) >= 11 is 0. The normalized spacial score (nSPS) is 11.4. The molecule has 0 aliphatic heterocycles. The van der Waals surface area contributed by atoms with Gasteiger partial charge in [0.25, 0.3) is 0 Å². The molecular formula is C49H47FN8. The zero-order valence-corrected chi connectivity index (χ0v) is 34.3.